The summed E-state index contributed by atoms with van der Waals surface area (Å²) in [4.78, 5) is 32.9. The van der Waals surface area contributed by atoms with E-state index in [0.29, 0.717) is 26.1 Å². The molecule has 2 atom stereocenters. The Morgan fingerprint density at radius 1 is 1.21 bits per heavy atom. The van der Waals surface area contributed by atoms with Gasteiger partial charge in [-0.1, -0.05) is 30.3 Å². The third kappa shape index (κ3) is 6.81. The first-order valence-corrected chi connectivity index (χ1v) is 10.5. The highest BCUT2D eigenvalue weighted by Crippen LogP contribution is 2.59. The van der Waals surface area contributed by atoms with Gasteiger partial charge in [-0.3, -0.25) is 14.3 Å². The van der Waals surface area contributed by atoms with E-state index in [1.54, 1.807) is 0 Å². The Balaban J connectivity index is 0.000000516. The van der Waals surface area contributed by atoms with E-state index in [2.05, 4.69) is 0 Å². The van der Waals surface area contributed by atoms with E-state index in [-0.39, 0.29) is 19.1 Å². The number of nitrogens with zero attached hydrogens (tertiary/aromatic N) is 1. The highest BCUT2D eigenvalue weighted by molar-refractivity contribution is 7.61. The molecule has 1 aliphatic rings. The summed E-state index contributed by atoms with van der Waals surface area (Å²) in [6, 6.07) is 9.71. The van der Waals surface area contributed by atoms with Crippen LogP contribution in [0.5, 0.6) is 0 Å². The number of carbonyl (C=O) groups is 2. The van der Waals surface area contributed by atoms with Gasteiger partial charge in [0.05, 0.1) is 0 Å². The summed E-state index contributed by atoms with van der Waals surface area (Å²) in [6.07, 6.45) is -4.51. The van der Waals surface area contributed by atoms with Crippen LogP contribution >= 0.6 is 7.37 Å². The van der Waals surface area contributed by atoms with E-state index in [4.69, 9.17) is 15.6 Å². The number of hydrogen-bond acceptors (Lipinski definition) is 5. The number of carboxylic acid groups (broad SMARTS) is 2. The van der Waals surface area contributed by atoms with Crippen molar-refractivity contribution >= 4 is 19.3 Å². The maximum Gasteiger partial charge on any atom is 0.490 e. The van der Waals surface area contributed by atoms with Crippen LogP contribution in [0.4, 0.5) is 13.2 Å². The zero-order chi connectivity index (χ0) is 22.3. The molecule has 0 spiro atoms. The van der Waals surface area contributed by atoms with Gasteiger partial charge in [0, 0.05) is 25.8 Å². The van der Waals surface area contributed by atoms with Crippen molar-refractivity contribution in [2.24, 2.45) is 5.73 Å². The SMILES string of the molecule is NCCCC1(C(=O)O)CN(Cc2ccccc2)CCP1(=O)O.O=C(O)C(F)(F)F. The van der Waals surface area contributed by atoms with Crippen molar-refractivity contribution in [3.8, 4) is 0 Å². The van der Waals surface area contributed by atoms with Gasteiger partial charge < -0.3 is 20.8 Å². The maximum absolute atomic E-state index is 12.5. The molecule has 0 aliphatic carbocycles. The summed E-state index contributed by atoms with van der Waals surface area (Å²) in [7, 11) is -3.75. The Bertz CT molecular complexity index is 746. The summed E-state index contributed by atoms with van der Waals surface area (Å²) < 4.78 is 44.3. The first-order valence-electron chi connectivity index (χ1n) is 8.67. The smallest absolute Gasteiger partial charge is 0.480 e. The van der Waals surface area contributed by atoms with Crippen LogP contribution in [0.1, 0.15) is 18.4 Å². The quantitative estimate of drug-likeness (QED) is 0.492. The molecule has 2 unspecified atom stereocenters. The van der Waals surface area contributed by atoms with Gasteiger partial charge in [0.2, 0.25) is 7.37 Å². The molecule has 1 aliphatic heterocycles. The molecule has 5 N–H and O–H groups in total. The fourth-order valence-electron chi connectivity index (χ4n) is 3.00. The van der Waals surface area contributed by atoms with Crippen LogP contribution in [0.2, 0.25) is 0 Å². The van der Waals surface area contributed by atoms with E-state index in [0.717, 1.165) is 5.56 Å². The lowest BCUT2D eigenvalue weighted by atomic mass is 10.0. The lowest BCUT2D eigenvalue weighted by molar-refractivity contribution is -0.192. The van der Waals surface area contributed by atoms with Crippen LogP contribution in [-0.4, -0.2) is 69.1 Å². The van der Waals surface area contributed by atoms with Crippen molar-refractivity contribution in [2.75, 3.05) is 25.8 Å². The highest BCUT2D eigenvalue weighted by Gasteiger charge is 2.56. The molecule has 0 amide bonds. The molecule has 1 aromatic rings. The highest BCUT2D eigenvalue weighted by atomic mass is 31.2. The molecule has 0 aromatic heterocycles. The minimum absolute atomic E-state index is 0.0106. The number of aliphatic carboxylic acids is 2. The first-order chi connectivity index (χ1) is 13.4. The van der Waals surface area contributed by atoms with Gasteiger partial charge >= 0.3 is 18.1 Å². The van der Waals surface area contributed by atoms with Crippen molar-refractivity contribution in [1.82, 2.24) is 4.90 Å². The lowest BCUT2D eigenvalue weighted by Crippen LogP contribution is -2.54. The molecule has 8 nitrogen and oxygen atoms in total. The Morgan fingerprint density at radius 2 is 1.76 bits per heavy atom. The van der Waals surface area contributed by atoms with Gasteiger partial charge in [-0.15, -0.1) is 0 Å². The maximum atomic E-state index is 12.5. The molecule has 1 fully saturated rings. The van der Waals surface area contributed by atoms with Crippen LogP contribution in [0.25, 0.3) is 0 Å². The number of nitrogens with two attached hydrogens (primary N) is 1. The van der Waals surface area contributed by atoms with Crippen LogP contribution in [0.3, 0.4) is 0 Å². The molecule has 12 heteroatoms. The van der Waals surface area contributed by atoms with Crippen molar-refractivity contribution in [3.05, 3.63) is 35.9 Å². The van der Waals surface area contributed by atoms with Gasteiger partial charge in [-0.05, 0) is 24.9 Å². The van der Waals surface area contributed by atoms with Gasteiger partial charge in [-0.25, -0.2) is 4.79 Å². The van der Waals surface area contributed by atoms with Crippen LogP contribution in [0.15, 0.2) is 30.3 Å². The molecule has 0 radical (unpaired) electrons. The van der Waals surface area contributed by atoms with E-state index >= 15 is 0 Å². The molecule has 1 saturated heterocycles. The zero-order valence-corrected chi connectivity index (χ0v) is 16.4. The minimum atomic E-state index is -5.08. The second-order valence-corrected chi connectivity index (χ2v) is 9.36. The molecular formula is C17H24F3N2O6P. The van der Waals surface area contributed by atoms with E-state index < -0.39 is 30.6 Å². The topological polar surface area (TPSA) is 141 Å². The van der Waals surface area contributed by atoms with Gasteiger partial charge in [0.1, 0.15) is 0 Å². The minimum Gasteiger partial charge on any atom is -0.480 e. The van der Waals surface area contributed by atoms with Gasteiger partial charge in [0.25, 0.3) is 0 Å². The monoisotopic (exact) mass is 440 g/mol. The number of alkyl halides is 3. The zero-order valence-electron chi connectivity index (χ0n) is 15.5. The molecular weight excluding hydrogens is 416 g/mol. The van der Waals surface area contributed by atoms with Crippen LogP contribution in [0, 0.1) is 0 Å². The summed E-state index contributed by atoms with van der Waals surface area (Å²) in [5, 5.41) is 15.2. The third-order valence-corrected chi connectivity index (χ3v) is 7.26. The third-order valence-electron chi connectivity index (χ3n) is 4.56. The number of halogens is 3. The Morgan fingerprint density at radius 3 is 2.21 bits per heavy atom. The van der Waals surface area contributed by atoms with Crippen molar-refractivity contribution in [2.45, 2.75) is 30.7 Å². The largest absolute Gasteiger partial charge is 0.490 e. The van der Waals surface area contributed by atoms with Gasteiger partial charge in [-0.2, -0.15) is 13.2 Å². The molecule has 1 heterocycles. The van der Waals surface area contributed by atoms with Crippen molar-refractivity contribution < 1.29 is 42.4 Å². The standard InChI is InChI=1S/C15H23N2O4P.C2HF3O2/c16-8-4-7-15(14(18)19)12-17(9-10-22(15,20)21)11-13-5-2-1-3-6-13;3-2(4,5)1(6)7/h1-3,5-6H,4,7-12,16H2,(H,18,19)(H,20,21);(H,6,7). The van der Waals surface area contributed by atoms with E-state index in [1.807, 2.05) is 35.2 Å². The molecule has 164 valence electrons. The summed E-state index contributed by atoms with van der Waals surface area (Å²) in [5.74, 6) is -3.95. The first kappa shape index (κ1) is 25.1. The fourth-order valence-corrected chi connectivity index (χ4v) is 5.21. The molecule has 0 bridgehead atoms. The average Bonchev–Trinajstić information content (AvgIpc) is 2.62. The number of benzene rings is 1. The van der Waals surface area contributed by atoms with Crippen LogP contribution in [-0.2, 0) is 20.7 Å². The number of hydrogen-bond donors (Lipinski definition) is 4. The van der Waals surface area contributed by atoms with E-state index in [1.165, 1.54) is 0 Å². The summed E-state index contributed by atoms with van der Waals surface area (Å²) in [6.45, 7) is 1.41. The second kappa shape index (κ2) is 10.2. The molecule has 1 aromatic carbocycles. The molecule has 29 heavy (non-hydrogen) atoms. The van der Waals surface area contributed by atoms with Crippen molar-refractivity contribution in [3.63, 3.8) is 0 Å². The lowest BCUT2D eigenvalue weighted by Gasteiger charge is -2.43. The van der Waals surface area contributed by atoms with Crippen molar-refractivity contribution in [1.29, 1.82) is 0 Å². The Labute approximate surface area is 165 Å². The normalized spacial score (nSPS) is 25.0. The molecule has 2 rings (SSSR count). The predicted octanol–water partition coefficient (Wildman–Crippen LogP) is 1.97. The number of carboxylic acids is 2. The Hall–Kier alpha value is -1.94. The van der Waals surface area contributed by atoms with E-state index in [9.17, 15) is 32.5 Å². The Kier molecular flexibility index (Phi) is 8.83. The predicted molar refractivity (Wildman–Crippen MR) is 98.8 cm³/mol. The fraction of sp³-hybridized carbons (Fsp3) is 0.529. The average molecular weight is 440 g/mol. The summed E-state index contributed by atoms with van der Waals surface area (Å²) in [5.41, 5.74) is 6.54. The second-order valence-electron chi connectivity index (χ2n) is 6.65. The summed E-state index contributed by atoms with van der Waals surface area (Å²) >= 11 is 0. The molecule has 0 saturated carbocycles. The van der Waals surface area contributed by atoms with Crippen LogP contribution < -0.4 is 5.73 Å². The van der Waals surface area contributed by atoms with Gasteiger partial charge in [0.15, 0.2) is 5.16 Å². The number of rotatable bonds is 6.